The van der Waals surface area contributed by atoms with E-state index >= 15 is 0 Å². The number of hydrogen-bond acceptors (Lipinski definition) is 4. The quantitative estimate of drug-likeness (QED) is 0.869. The highest BCUT2D eigenvalue weighted by Crippen LogP contribution is 2.31. The fourth-order valence-corrected chi connectivity index (χ4v) is 3.32. The Morgan fingerprint density at radius 3 is 2.84 bits per heavy atom. The smallest absolute Gasteiger partial charge is 0.228 e. The first-order chi connectivity index (χ1) is 9.22. The van der Waals surface area contributed by atoms with Crippen molar-refractivity contribution in [2.75, 3.05) is 19.8 Å². The van der Waals surface area contributed by atoms with E-state index in [9.17, 15) is 4.79 Å². The van der Waals surface area contributed by atoms with Crippen LogP contribution in [-0.4, -0.2) is 25.7 Å². The van der Waals surface area contributed by atoms with Gasteiger partial charge in [-0.25, -0.2) is 0 Å². The van der Waals surface area contributed by atoms with Crippen LogP contribution in [0.15, 0.2) is 17.5 Å². The Hall–Kier alpha value is -0.910. The van der Waals surface area contributed by atoms with E-state index < -0.39 is 5.41 Å². The number of thiophene rings is 1. The van der Waals surface area contributed by atoms with E-state index in [1.165, 1.54) is 4.88 Å². The van der Waals surface area contributed by atoms with E-state index in [0.29, 0.717) is 19.8 Å². The van der Waals surface area contributed by atoms with Gasteiger partial charge in [0.25, 0.3) is 0 Å². The second-order valence-corrected chi connectivity index (χ2v) is 6.03. The second kappa shape index (κ2) is 6.50. The highest BCUT2D eigenvalue weighted by Gasteiger charge is 2.39. The largest absolute Gasteiger partial charge is 0.381 e. The van der Waals surface area contributed by atoms with E-state index in [-0.39, 0.29) is 11.9 Å². The third-order valence-corrected chi connectivity index (χ3v) is 4.91. The van der Waals surface area contributed by atoms with E-state index in [0.717, 1.165) is 19.3 Å². The summed E-state index contributed by atoms with van der Waals surface area (Å²) in [6.45, 7) is 3.73. The van der Waals surface area contributed by atoms with Gasteiger partial charge >= 0.3 is 0 Å². The minimum absolute atomic E-state index is 0.0820. The summed E-state index contributed by atoms with van der Waals surface area (Å²) in [5.41, 5.74) is 5.42. The van der Waals surface area contributed by atoms with Gasteiger partial charge in [-0.2, -0.15) is 0 Å². The van der Waals surface area contributed by atoms with Crippen molar-refractivity contribution < 1.29 is 9.53 Å². The molecule has 2 heterocycles. The molecule has 106 valence electrons. The van der Waals surface area contributed by atoms with Crippen LogP contribution in [0.3, 0.4) is 0 Å². The molecule has 4 nitrogen and oxygen atoms in total. The summed E-state index contributed by atoms with van der Waals surface area (Å²) in [5.74, 6) is 0.0820. The van der Waals surface area contributed by atoms with E-state index in [4.69, 9.17) is 10.5 Å². The molecule has 1 atom stereocenters. The molecule has 2 rings (SSSR count). The van der Waals surface area contributed by atoms with Crippen LogP contribution in [0, 0.1) is 5.41 Å². The highest BCUT2D eigenvalue weighted by molar-refractivity contribution is 7.10. The number of rotatable bonds is 5. The summed E-state index contributed by atoms with van der Waals surface area (Å²) in [4.78, 5) is 13.8. The third-order valence-electron chi connectivity index (χ3n) is 3.92. The number of amides is 1. The Morgan fingerprint density at radius 2 is 2.32 bits per heavy atom. The van der Waals surface area contributed by atoms with Crippen molar-refractivity contribution in [3.05, 3.63) is 22.4 Å². The van der Waals surface area contributed by atoms with Crippen molar-refractivity contribution in [1.82, 2.24) is 5.32 Å². The van der Waals surface area contributed by atoms with Crippen molar-refractivity contribution in [3.63, 3.8) is 0 Å². The maximum atomic E-state index is 12.6. The van der Waals surface area contributed by atoms with Crippen molar-refractivity contribution in [3.8, 4) is 0 Å². The minimum Gasteiger partial charge on any atom is -0.381 e. The predicted molar refractivity (Wildman–Crippen MR) is 77.0 cm³/mol. The molecule has 0 spiro atoms. The van der Waals surface area contributed by atoms with Crippen molar-refractivity contribution in [2.45, 2.75) is 32.2 Å². The van der Waals surface area contributed by atoms with Crippen LogP contribution < -0.4 is 11.1 Å². The molecule has 1 aliphatic rings. The summed E-state index contributed by atoms with van der Waals surface area (Å²) in [5, 5.41) is 5.21. The molecule has 1 saturated heterocycles. The summed E-state index contributed by atoms with van der Waals surface area (Å²) in [6.07, 6.45) is 2.33. The molecule has 0 aliphatic carbocycles. The lowest BCUT2D eigenvalue weighted by Crippen LogP contribution is -2.49. The van der Waals surface area contributed by atoms with Crippen LogP contribution in [0.5, 0.6) is 0 Å². The molecule has 1 fully saturated rings. The fourth-order valence-electron chi connectivity index (χ4n) is 2.46. The molecular formula is C14H22N2O2S. The lowest BCUT2D eigenvalue weighted by Gasteiger charge is -2.35. The molecule has 0 aromatic carbocycles. The Morgan fingerprint density at radius 1 is 1.58 bits per heavy atom. The summed E-state index contributed by atoms with van der Waals surface area (Å²) in [7, 11) is 0. The molecular weight excluding hydrogens is 260 g/mol. The average molecular weight is 282 g/mol. The zero-order valence-electron chi connectivity index (χ0n) is 11.4. The average Bonchev–Trinajstić information content (AvgIpc) is 2.99. The van der Waals surface area contributed by atoms with Crippen LogP contribution in [0.25, 0.3) is 0 Å². The van der Waals surface area contributed by atoms with E-state index in [2.05, 4.69) is 18.3 Å². The van der Waals surface area contributed by atoms with Gasteiger partial charge in [-0.1, -0.05) is 13.0 Å². The maximum absolute atomic E-state index is 12.6. The molecule has 0 saturated carbocycles. The van der Waals surface area contributed by atoms with Gasteiger partial charge in [0.05, 0.1) is 11.5 Å². The number of carbonyl (C=O) groups is 1. The SMILES string of the molecule is CCC(NC(=O)C1(CN)CCOCC1)c1cccs1. The van der Waals surface area contributed by atoms with Gasteiger partial charge < -0.3 is 15.8 Å². The topological polar surface area (TPSA) is 64.4 Å². The monoisotopic (exact) mass is 282 g/mol. The number of ether oxygens (including phenoxy) is 1. The molecule has 19 heavy (non-hydrogen) atoms. The van der Waals surface area contributed by atoms with E-state index in [1.807, 2.05) is 11.4 Å². The van der Waals surface area contributed by atoms with Gasteiger partial charge in [-0.05, 0) is 30.7 Å². The summed E-state index contributed by atoms with van der Waals surface area (Å²) in [6, 6.07) is 4.18. The van der Waals surface area contributed by atoms with Gasteiger partial charge in [0.15, 0.2) is 0 Å². The molecule has 5 heteroatoms. The zero-order valence-corrected chi connectivity index (χ0v) is 12.2. The molecule has 1 amide bonds. The van der Waals surface area contributed by atoms with Crippen LogP contribution in [0.1, 0.15) is 37.1 Å². The van der Waals surface area contributed by atoms with Gasteiger partial charge in [0, 0.05) is 24.6 Å². The number of hydrogen-bond donors (Lipinski definition) is 2. The van der Waals surface area contributed by atoms with Crippen molar-refractivity contribution in [1.29, 1.82) is 0 Å². The van der Waals surface area contributed by atoms with E-state index in [1.54, 1.807) is 11.3 Å². The lowest BCUT2D eigenvalue weighted by molar-refractivity contribution is -0.136. The number of nitrogens with two attached hydrogens (primary N) is 1. The Kier molecular flexibility index (Phi) is 4.96. The predicted octanol–water partition coefficient (Wildman–Crippen LogP) is 2.07. The van der Waals surface area contributed by atoms with Crippen LogP contribution in [0.2, 0.25) is 0 Å². The molecule has 0 radical (unpaired) electrons. The van der Waals surface area contributed by atoms with Crippen LogP contribution in [0.4, 0.5) is 0 Å². The minimum atomic E-state index is -0.442. The lowest BCUT2D eigenvalue weighted by atomic mass is 9.79. The van der Waals surface area contributed by atoms with Crippen molar-refractivity contribution in [2.24, 2.45) is 11.1 Å². The fraction of sp³-hybridized carbons (Fsp3) is 0.643. The number of nitrogens with one attached hydrogen (secondary N) is 1. The molecule has 3 N–H and O–H groups in total. The summed E-state index contributed by atoms with van der Waals surface area (Å²) < 4.78 is 5.35. The molecule has 1 aromatic rings. The van der Waals surface area contributed by atoms with Gasteiger partial charge in [-0.3, -0.25) is 4.79 Å². The molecule has 1 aromatic heterocycles. The van der Waals surface area contributed by atoms with Gasteiger partial charge in [-0.15, -0.1) is 11.3 Å². The third kappa shape index (κ3) is 3.16. The first-order valence-electron chi connectivity index (χ1n) is 6.84. The molecule has 0 bridgehead atoms. The first kappa shape index (κ1) is 14.5. The number of carbonyl (C=O) groups excluding carboxylic acids is 1. The van der Waals surface area contributed by atoms with Crippen LogP contribution in [-0.2, 0) is 9.53 Å². The summed E-state index contributed by atoms with van der Waals surface area (Å²) >= 11 is 1.68. The normalized spacial score (nSPS) is 19.9. The Balaban J connectivity index is 2.06. The molecule has 1 aliphatic heterocycles. The van der Waals surface area contributed by atoms with Crippen LogP contribution >= 0.6 is 11.3 Å². The standard InChI is InChI=1S/C14H22N2O2S/c1-2-11(12-4-3-9-19-12)16-13(17)14(10-15)5-7-18-8-6-14/h3-4,9,11H,2,5-8,10,15H2,1H3,(H,16,17). The second-order valence-electron chi connectivity index (χ2n) is 5.05. The zero-order chi connectivity index (χ0) is 13.7. The Labute approximate surface area is 118 Å². The Bertz CT molecular complexity index is 400. The highest BCUT2D eigenvalue weighted by atomic mass is 32.1. The van der Waals surface area contributed by atoms with Crippen molar-refractivity contribution >= 4 is 17.2 Å². The first-order valence-corrected chi connectivity index (χ1v) is 7.72. The maximum Gasteiger partial charge on any atom is 0.228 e. The molecule has 1 unspecified atom stereocenters. The van der Waals surface area contributed by atoms with Gasteiger partial charge in [0.1, 0.15) is 0 Å². The van der Waals surface area contributed by atoms with Gasteiger partial charge in [0.2, 0.25) is 5.91 Å².